The van der Waals surface area contributed by atoms with E-state index in [1.807, 2.05) is 18.2 Å². The summed E-state index contributed by atoms with van der Waals surface area (Å²) in [5.74, 6) is -0.271. The molecule has 2 aromatic rings. The van der Waals surface area contributed by atoms with E-state index < -0.39 is 4.92 Å². The van der Waals surface area contributed by atoms with Gasteiger partial charge in [0.05, 0.1) is 11.5 Å². The van der Waals surface area contributed by atoms with Crippen molar-refractivity contribution in [1.29, 1.82) is 0 Å². The summed E-state index contributed by atoms with van der Waals surface area (Å²) in [5, 5.41) is 14.0. The largest absolute Gasteiger partial charge is 0.319 e. The van der Waals surface area contributed by atoms with Crippen molar-refractivity contribution in [3.63, 3.8) is 0 Å². The molecule has 152 valence electrons. The Labute approximate surface area is 174 Å². The molecule has 0 aliphatic carbocycles. The summed E-state index contributed by atoms with van der Waals surface area (Å²) in [7, 11) is 0. The van der Waals surface area contributed by atoms with E-state index in [1.165, 1.54) is 23.8 Å². The summed E-state index contributed by atoms with van der Waals surface area (Å²) in [4.78, 5) is 27.3. The highest BCUT2D eigenvalue weighted by Gasteiger charge is 2.20. The third kappa shape index (κ3) is 6.39. The Balaban J connectivity index is 1.44. The Morgan fingerprint density at radius 3 is 2.48 bits per heavy atom. The molecule has 3 rings (SSSR count). The lowest BCUT2D eigenvalue weighted by atomic mass is 10.2. The zero-order valence-corrected chi connectivity index (χ0v) is 16.7. The number of rotatable bonds is 7. The second-order valence-electron chi connectivity index (χ2n) is 6.86. The molecule has 1 heterocycles. The van der Waals surface area contributed by atoms with Crippen molar-refractivity contribution in [2.75, 3.05) is 44.6 Å². The van der Waals surface area contributed by atoms with Gasteiger partial charge in [-0.1, -0.05) is 54.1 Å². The van der Waals surface area contributed by atoms with Crippen LogP contribution in [-0.2, 0) is 4.79 Å². The Bertz CT molecular complexity index is 881. The molecule has 1 N–H and O–H groups in total. The molecule has 2 aromatic carbocycles. The van der Waals surface area contributed by atoms with E-state index in [0.717, 1.165) is 32.7 Å². The average molecular weight is 415 g/mol. The highest BCUT2D eigenvalue weighted by Crippen LogP contribution is 2.27. The summed E-state index contributed by atoms with van der Waals surface area (Å²) < 4.78 is 0. The second-order valence-corrected chi connectivity index (χ2v) is 7.29. The lowest BCUT2D eigenvalue weighted by Crippen LogP contribution is -2.48. The van der Waals surface area contributed by atoms with Crippen molar-refractivity contribution >= 4 is 35.0 Å². The number of hydrogen-bond donors (Lipinski definition) is 1. The van der Waals surface area contributed by atoms with E-state index >= 15 is 0 Å². The van der Waals surface area contributed by atoms with E-state index in [4.69, 9.17) is 11.6 Å². The number of piperazine rings is 1. The number of carbonyl (C=O) groups is 1. The van der Waals surface area contributed by atoms with Crippen LogP contribution in [-0.4, -0.2) is 59.9 Å². The highest BCUT2D eigenvalue weighted by atomic mass is 35.5. The summed E-state index contributed by atoms with van der Waals surface area (Å²) in [6.45, 7) is 4.35. The van der Waals surface area contributed by atoms with Gasteiger partial charge in [0.15, 0.2) is 0 Å². The minimum Gasteiger partial charge on any atom is -0.319 e. The molecule has 1 aliphatic rings. The molecule has 7 nitrogen and oxygen atoms in total. The molecule has 0 unspecified atom stereocenters. The van der Waals surface area contributed by atoms with Crippen molar-refractivity contribution in [3.05, 3.63) is 75.3 Å². The lowest BCUT2D eigenvalue weighted by Gasteiger charge is -2.33. The van der Waals surface area contributed by atoms with Gasteiger partial charge in [-0.05, 0) is 17.7 Å². The molecule has 29 heavy (non-hydrogen) atoms. The first-order valence-corrected chi connectivity index (χ1v) is 9.79. The quantitative estimate of drug-likeness (QED) is 0.554. The van der Waals surface area contributed by atoms with Crippen LogP contribution in [0.1, 0.15) is 5.56 Å². The maximum atomic E-state index is 12.3. The number of halogens is 1. The maximum absolute atomic E-state index is 12.3. The van der Waals surface area contributed by atoms with E-state index in [2.05, 4.69) is 39.4 Å². The molecule has 0 aromatic heterocycles. The van der Waals surface area contributed by atoms with Crippen LogP contribution in [0.4, 0.5) is 11.4 Å². The fourth-order valence-corrected chi connectivity index (χ4v) is 3.35. The Morgan fingerprint density at radius 2 is 1.79 bits per heavy atom. The van der Waals surface area contributed by atoms with Gasteiger partial charge in [-0.25, -0.2) is 0 Å². The smallest absolute Gasteiger partial charge is 0.294 e. The Morgan fingerprint density at radius 1 is 1.10 bits per heavy atom. The average Bonchev–Trinajstić information content (AvgIpc) is 2.71. The summed E-state index contributed by atoms with van der Waals surface area (Å²) in [6, 6.07) is 14.4. The first-order valence-electron chi connectivity index (χ1n) is 9.41. The molecule has 0 bridgehead atoms. The number of nitrogens with zero attached hydrogens (tertiary/aromatic N) is 3. The predicted molar refractivity (Wildman–Crippen MR) is 115 cm³/mol. The summed E-state index contributed by atoms with van der Waals surface area (Å²) >= 11 is 5.80. The van der Waals surface area contributed by atoms with Gasteiger partial charge in [0, 0.05) is 43.8 Å². The van der Waals surface area contributed by atoms with Crippen molar-refractivity contribution in [3.8, 4) is 0 Å². The molecule has 0 saturated carbocycles. The first-order chi connectivity index (χ1) is 14.0. The molecule has 1 fully saturated rings. The van der Waals surface area contributed by atoms with E-state index in [9.17, 15) is 14.9 Å². The van der Waals surface area contributed by atoms with Gasteiger partial charge in [-0.2, -0.15) is 0 Å². The van der Waals surface area contributed by atoms with Crippen LogP contribution in [0.5, 0.6) is 0 Å². The van der Waals surface area contributed by atoms with E-state index in [0.29, 0.717) is 0 Å². The third-order valence-corrected chi connectivity index (χ3v) is 4.97. The van der Waals surface area contributed by atoms with Crippen molar-refractivity contribution in [2.45, 2.75) is 0 Å². The van der Waals surface area contributed by atoms with Crippen LogP contribution in [0, 0.1) is 10.1 Å². The van der Waals surface area contributed by atoms with Crippen molar-refractivity contribution in [1.82, 2.24) is 9.80 Å². The number of nitrogens with one attached hydrogen (secondary N) is 1. The van der Waals surface area contributed by atoms with Crippen LogP contribution in [0.3, 0.4) is 0 Å². The van der Waals surface area contributed by atoms with Gasteiger partial charge in [0.25, 0.3) is 5.69 Å². The van der Waals surface area contributed by atoms with Crippen LogP contribution in [0.15, 0.2) is 54.6 Å². The molecule has 0 atom stereocenters. The van der Waals surface area contributed by atoms with Crippen LogP contribution < -0.4 is 5.32 Å². The number of amides is 1. The van der Waals surface area contributed by atoms with Crippen LogP contribution >= 0.6 is 11.6 Å². The zero-order chi connectivity index (χ0) is 20.6. The van der Waals surface area contributed by atoms with Gasteiger partial charge >= 0.3 is 0 Å². The standard InChI is InChI=1S/C21H23ClN4O3/c22-18-8-9-19(20(15-18)26(28)29)23-21(27)16-25-13-11-24(12-14-25)10-4-7-17-5-2-1-3-6-17/h1-9,15H,10-14,16H2,(H,23,27)/b7-4+. The summed E-state index contributed by atoms with van der Waals surface area (Å²) in [6.07, 6.45) is 4.26. The first kappa shape index (κ1) is 21.0. The van der Waals surface area contributed by atoms with Gasteiger partial charge < -0.3 is 5.32 Å². The minimum atomic E-state index is -0.552. The molecule has 1 amide bonds. The second kappa shape index (κ2) is 10.2. The Kier molecular flexibility index (Phi) is 7.35. The number of carbonyl (C=O) groups excluding carboxylic acids is 1. The molecule has 8 heteroatoms. The van der Waals surface area contributed by atoms with Gasteiger partial charge in [-0.15, -0.1) is 0 Å². The molecular formula is C21H23ClN4O3. The number of nitro benzene ring substituents is 1. The van der Waals surface area contributed by atoms with Gasteiger partial charge in [0.2, 0.25) is 5.91 Å². The van der Waals surface area contributed by atoms with Gasteiger partial charge in [0.1, 0.15) is 5.69 Å². The van der Waals surface area contributed by atoms with Crippen LogP contribution in [0.25, 0.3) is 6.08 Å². The maximum Gasteiger partial charge on any atom is 0.294 e. The number of nitro groups is 1. The summed E-state index contributed by atoms with van der Waals surface area (Å²) in [5.41, 5.74) is 1.13. The molecule has 0 radical (unpaired) electrons. The number of anilines is 1. The number of hydrogen-bond acceptors (Lipinski definition) is 5. The minimum absolute atomic E-state index is 0.161. The molecule has 1 saturated heterocycles. The third-order valence-electron chi connectivity index (χ3n) is 4.74. The monoisotopic (exact) mass is 414 g/mol. The fourth-order valence-electron chi connectivity index (χ4n) is 3.19. The van der Waals surface area contributed by atoms with Crippen molar-refractivity contribution < 1.29 is 9.72 Å². The molecule has 0 spiro atoms. The Hall–Kier alpha value is -2.74. The van der Waals surface area contributed by atoms with Crippen molar-refractivity contribution in [2.24, 2.45) is 0 Å². The van der Waals surface area contributed by atoms with Crippen LogP contribution in [0.2, 0.25) is 5.02 Å². The lowest BCUT2D eigenvalue weighted by molar-refractivity contribution is -0.383. The molecule has 1 aliphatic heterocycles. The topological polar surface area (TPSA) is 78.7 Å². The van der Waals surface area contributed by atoms with E-state index in [1.54, 1.807) is 0 Å². The highest BCUT2D eigenvalue weighted by molar-refractivity contribution is 6.31. The number of benzene rings is 2. The normalized spacial score (nSPS) is 15.5. The molecular weight excluding hydrogens is 392 g/mol. The predicted octanol–water partition coefficient (Wildman–Crippen LogP) is 3.52. The van der Waals surface area contributed by atoms with E-state index in [-0.39, 0.29) is 28.8 Å². The fraction of sp³-hybridized carbons (Fsp3) is 0.286. The SMILES string of the molecule is O=C(CN1CCN(C/C=C/c2ccccc2)CC1)Nc1ccc(Cl)cc1[N+](=O)[O-]. The zero-order valence-electron chi connectivity index (χ0n) is 16.0. The van der Waals surface area contributed by atoms with Gasteiger partial charge in [-0.3, -0.25) is 24.7 Å².